The van der Waals surface area contributed by atoms with Gasteiger partial charge in [0.15, 0.2) is 0 Å². The molecule has 0 aromatic carbocycles. The summed E-state index contributed by atoms with van der Waals surface area (Å²) in [6.07, 6.45) is 4.16. The second-order valence-corrected chi connectivity index (χ2v) is 3.61. The third kappa shape index (κ3) is 1.06. The fourth-order valence-corrected chi connectivity index (χ4v) is 2.07. The molecule has 0 spiro atoms. The maximum atomic E-state index is 3.57. The van der Waals surface area contributed by atoms with Crippen molar-refractivity contribution in [1.29, 1.82) is 0 Å². The summed E-state index contributed by atoms with van der Waals surface area (Å²) in [4.78, 5) is 2.50. The van der Waals surface area contributed by atoms with Gasteiger partial charge in [0.05, 0.1) is 0 Å². The predicted octanol–water partition coefficient (Wildman–Crippen LogP) is 0.442. The number of hydrogen-bond donors (Lipinski definition) is 1. The molecule has 2 nitrogen and oxygen atoms in total. The molecule has 3 aliphatic rings. The highest BCUT2D eigenvalue weighted by Crippen LogP contribution is 2.19. The largest absolute Gasteiger partial charge is 0.312 e. The summed E-state index contributed by atoms with van der Waals surface area (Å²) in [5, 5.41) is 3.57. The van der Waals surface area contributed by atoms with Crippen molar-refractivity contribution >= 4 is 0 Å². The van der Waals surface area contributed by atoms with E-state index in [0.29, 0.717) is 0 Å². The number of fused-ring (bicyclic) bond motifs is 4. The molecule has 1 N–H and O–H groups in total. The van der Waals surface area contributed by atoms with E-state index in [0.717, 1.165) is 12.1 Å². The lowest BCUT2D eigenvalue weighted by Crippen LogP contribution is -2.43. The first kappa shape index (κ1) is 6.62. The Morgan fingerprint density at radius 1 is 1.30 bits per heavy atom. The van der Waals surface area contributed by atoms with Crippen LogP contribution in [0.1, 0.15) is 19.3 Å². The molecule has 0 aromatic rings. The van der Waals surface area contributed by atoms with Gasteiger partial charge in [0.1, 0.15) is 0 Å². The normalized spacial score (nSPS) is 41.7. The van der Waals surface area contributed by atoms with E-state index in [4.69, 9.17) is 0 Å². The van der Waals surface area contributed by atoms with Gasteiger partial charge >= 0.3 is 0 Å². The van der Waals surface area contributed by atoms with Gasteiger partial charge in [-0.15, -0.1) is 0 Å². The molecule has 0 amide bonds. The quantitative estimate of drug-likeness (QED) is 0.525. The summed E-state index contributed by atoms with van der Waals surface area (Å²) in [5.74, 6) is 0. The maximum absolute atomic E-state index is 3.57. The van der Waals surface area contributed by atoms with Crippen molar-refractivity contribution in [3.05, 3.63) is 0 Å². The Hall–Kier alpha value is -0.0800. The molecule has 58 valence electrons. The molecule has 3 saturated heterocycles. The molecule has 0 radical (unpaired) electrons. The monoisotopic (exact) mass is 140 g/mol. The van der Waals surface area contributed by atoms with Crippen LogP contribution in [-0.2, 0) is 0 Å². The van der Waals surface area contributed by atoms with E-state index in [1.54, 1.807) is 0 Å². The van der Waals surface area contributed by atoms with Crippen LogP contribution in [0.2, 0.25) is 0 Å². The fourth-order valence-electron chi connectivity index (χ4n) is 2.07. The van der Waals surface area contributed by atoms with E-state index in [9.17, 15) is 0 Å². The minimum atomic E-state index is 0.832. The number of nitrogens with zero attached hydrogens (tertiary/aromatic N) is 1. The minimum Gasteiger partial charge on any atom is -0.312 e. The Morgan fingerprint density at radius 2 is 2.20 bits per heavy atom. The van der Waals surface area contributed by atoms with Gasteiger partial charge < -0.3 is 10.2 Å². The minimum absolute atomic E-state index is 0.832. The third-order valence-corrected chi connectivity index (χ3v) is 2.94. The lowest BCUT2D eigenvalue weighted by Gasteiger charge is -2.28. The van der Waals surface area contributed by atoms with Crippen molar-refractivity contribution in [2.45, 2.75) is 31.3 Å². The van der Waals surface area contributed by atoms with Crippen molar-refractivity contribution in [3.8, 4) is 0 Å². The van der Waals surface area contributed by atoms with Crippen LogP contribution in [0, 0.1) is 0 Å². The number of nitrogens with one attached hydrogen (secondary N) is 1. The van der Waals surface area contributed by atoms with Gasteiger partial charge in [-0.05, 0) is 32.9 Å². The van der Waals surface area contributed by atoms with Crippen LogP contribution in [0.15, 0.2) is 0 Å². The van der Waals surface area contributed by atoms with E-state index in [1.165, 1.54) is 32.4 Å². The molecule has 0 saturated carbocycles. The molecule has 3 rings (SSSR count). The van der Waals surface area contributed by atoms with Gasteiger partial charge in [0, 0.05) is 18.6 Å². The first-order valence-electron chi connectivity index (χ1n) is 4.30. The predicted molar refractivity (Wildman–Crippen MR) is 42.1 cm³/mol. The van der Waals surface area contributed by atoms with Gasteiger partial charge in [0.25, 0.3) is 0 Å². The molecular formula is C8H16N2. The maximum Gasteiger partial charge on any atom is 0.0218 e. The van der Waals surface area contributed by atoms with E-state index < -0.39 is 0 Å². The standard InChI is InChI=1S/C8H16N2/c1-10-5-4-7-2-3-8(10)6-9-7/h7-9H,2-6H2,1H3. The SMILES string of the molecule is CN1CCC2CCC1CN2. The van der Waals surface area contributed by atoms with Crippen molar-refractivity contribution < 1.29 is 0 Å². The van der Waals surface area contributed by atoms with E-state index >= 15 is 0 Å². The Bertz CT molecular complexity index is 116. The molecule has 0 aliphatic carbocycles. The molecule has 0 aromatic heterocycles. The van der Waals surface area contributed by atoms with Gasteiger partial charge in [0.2, 0.25) is 0 Å². The summed E-state index contributed by atoms with van der Waals surface area (Å²) in [5.41, 5.74) is 0. The Balaban J connectivity index is 2.07. The average Bonchev–Trinajstić information content (AvgIpc) is 2.24. The van der Waals surface area contributed by atoms with Gasteiger partial charge in [-0.25, -0.2) is 0 Å². The van der Waals surface area contributed by atoms with Crippen LogP contribution in [0.25, 0.3) is 0 Å². The zero-order chi connectivity index (χ0) is 6.97. The fraction of sp³-hybridized carbons (Fsp3) is 1.00. The molecule has 10 heavy (non-hydrogen) atoms. The third-order valence-electron chi connectivity index (χ3n) is 2.94. The number of rotatable bonds is 0. The molecule has 3 heterocycles. The molecule has 3 fully saturated rings. The van der Waals surface area contributed by atoms with Crippen molar-refractivity contribution in [3.63, 3.8) is 0 Å². The molecule has 2 heteroatoms. The summed E-state index contributed by atoms with van der Waals surface area (Å²) in [6.45, 7) is 2.52. The van der Waals surface area contributed by atoms with Gasteiger partial charge in [-0.3, -0.25) is 0 Å². The molecule has 2 bridgehead atoms. The Morgan fingerprint density at radius 3 is 2.90 bits per heavy atom. The molecule has 3 aliphatic heterocycles. The van der Waals surface area contributed by atoms with Crippen molar-refractivity contribution in [1.82, 2.24) is 10.2 Å². The van der Waals surface area contributed by atoms with Crippen molar-refractivity contribution in [2.75, 3.05) is 20.1 Å². The second-order valence-electron chi connectivity index (χ2n) is 3.61. The molecular weight excluding hydrogens is 124 g/mol. The number of likely N-dealkylation sites (N-methyl/N-ethyl adjacent to an activating group) is 1. The van der Waals surface area contributed by atoms with Crippen LogP contribution in [0.5, 0.6) is 0 Å². The lowest BCUT2D eigenvalue weighted by molar-refractivity contribution is 0.238. The first-order valence-corrected chi connectivity index (χ1v) is 4.30. The zero-order valence-corrected chi connectivity index (χ0v) is 6.64. The highest BCUT2D eigenvalue weighted by molar-refractivity contribution is 4.87. The van der Waals surface area contributed by atoms with Crippen molar-refractivity contribution in [2.24, 2.45) is 0 Å². The summed E-state index contributed by atoms with van der Waals surface area (Å²) in [6, 6.07) is 1.67. The Kier molecular flexibility index (Phi) is 1.66. The van der Waals surface area contributed by atoms with E-state index in [1.807, 2.05) is 0 Å². The smallest absolute Gasteiger partial charge is 0.0218 e. The number of hydrogen-bond acceptors (Lipinski definition) is 2. The topological polar surface area (TPSA) is 15.3 Å². The van der Waals surface area contributed by atoms with Gasteiger partial charge in [-0.2, -0.15) is 0 Å². The summed E-state index contributed by atoms with van der Waals surface area (Å²) in [7, 11) is 2.25. The first-order chi connectivity index (χ1) is 4.86. The van der Waals surface area contributed by atoms with Gasteiger partial charge in [-0.1, -0.05) is 0 Å². The lowest BCUT2D eigenvalue weighted by atomic mass is 10.0. The van der Waals surface area contributed by atoms with Crippen LogP contribution in [0.4, 0.5) is 0 Å². The molecule has 2 atom stereocenters. The van der Waals surface area contributed by atoms with Crippen LogP contribution in [-0.4, -0.2) is 37.1 Å². The van der Waals surface area contributed by atoms with E-state index in [-0.39, 0.29) is 0 Å². The average molecular weight is 140 g/mol. The van der Waals surface area contributed by atoms with Crippen LogP contribution >= 0.6 is 0 Å². The Labute approximate surface area is 62.6 Å². The highest BCUT2D eigenvalue weighted by Gasteiger charge is 2.27. The van der Waals surface area contributed by atoms with Crippen LogP contribution < -0.4 is 5.32 Å². The zero-order valence-electron chi connectivity index (χ0n) is 6.64. The molecule has 2 unspecified atom stereocenters. The van der Waals surface area contributed by atoms with E-state index in [2.05, 4.69) is 17.3 Å². The number of piperidine rings is 1. The highest BCUT2D eigenvalue weighted by atomic mass is 15.2. The summed E-state index contributed by atoms with van der Waals surface area (Å²) >= 11 is 0. The van der Waals surface area contributed by atoms with Crippen LogP contribution in [0.3, 0.4) is 0 Å². The second kappa shape index (κ2) is 2.51. The summed E-state index contributed by atoms with van der Waals surface area (Å²) < 4.78 is 0.